The lowest BCUT2D eigenvalue weighted by atomic mass is 9.95. The van der Waals surface area contributed by atoms with Crippen LogP contribution in [0.5, 0.6) is 0 Å². The van der Waals surface area contributed by atoms with E-state index in [2.05, 4.69) is 21.5 Å². The number of hydrogen-bond donors (Lipinski definition) is 0. The molecule has 20 heavy (non-hydrogen) atoms. The molecular formula is C16H27N3O. The SMILES string of the molecule is CN(Cc1cncn1C1CCCCC1)CC1CCCO1. The summed E-state index contributed by atoms with van der Waals surface area (Å²) in [7, 11) is 2.19. The molecule has 1 saturated carbocycles. The number of nitrogens with zero attached hydrogens (tertiary/aromatic N) is 3. The van der Waals surface area contributed by atoms with Gasteiger partial charge in [0.2, 0.25) is 0 Å². The maximum atomic E-state index is 5.73. The van der Waals surface area contributed by atoms with Crippen LogP contribution < -0.4 is 0 Å². The molecule has 4 nitrogen and oxygen atoms in total. The van der Waals surface area contributed by atoms with E-state index in [0.29, 0.717) is 12.1 Å². The Kier molecular flexibility index (Phi) is 4.73. The summed E-state index contributed by atoms with van der Waals surface area (Å²) in [5.41, 5.74) is 1.36. The molecule has 3 rings (SSSR count). The lowest BCUT2D eigenvalue weighted by Gasteiger charge is -2.27. The highest BCUT2D eigenvalue weighted by atomic mass is 16.5. The molecule has 0 amide bonds. The van der Waals surface area contributed by atoms with Gasteiger partial charge in [0.25, 0.3) is 0 Å². The molecule has 4 heteroatoms. The summed E-state index contributed by atoms with van der Waals surface area (Å²) in [4.78, 5) is 6.77. The van der Waals surface area contributed by atoms with Crippen molar-refractivity contribution in [1.82, 2.24) is 14.5 Å². The fourth-order valence-corrected chi connectivity index (χ4v) is 3.62. The van der Waals surface area contributed by atoms with Crippen LogP contribution in [0.3, 0.4) is 0 Å². The highest BCUT2D eigenvalue weighted by molar-refractivity contribution is 5.01. The first-order valence-electron chi connectivity index (χ1n) is 8.14. The highest BCUT2D eigenvalue weighted by Crippen LogP contribution is 2.29. The first-order valence-corrected chi connectivity index (χ1v) is 8.14. The van der Waals surface area contributed by atoms with E-state index in [1.807, 2.05) is 12.5 Å². The monoisotopic (exact) mass is 277 g/mol. The fourth-order valence-electron chi connectivity index (χ4n) is 3.62. The minimum absolute atomic E-state index is 0.436. The van der Waals surface area contributed by atoms with Gasteiger partial charge < -0.3 is 9.30 Å². The molecule has 0 bridgehead atoms. The second-order valence-electron chi connectivity index (χ2n) is 6.42. The van der Waals surface area contributed by atoms with Crippen LogP contribution in [-0.2, 0) is 11.3 Å². The maximum absolute atomic E-state index is 5.73. The third kappa shape index (κ3) is 3.41. The van der Waals surface area contributed by atoms with E-state index in [4.69, 9.17) is 4.74 Å². The molecule has 112 valence electrons. The molecule has 0 radical (unpaired) electrons. The Balaban J connectivity index is 1.57. The van der Waals surface area contributed by atoms with Gasteiger partial charge in [-0.2, -0.15) is 0 Å². The number of likely N-dealkylation sites (N-methyl/N-ethyl adjacent to an activating group) is 1. The Labute approximate surface area is 122 Å². The predicted molar refractivity (Wildman–Crippen MR) is 79.7 cm³/mol. The quantitative estimate of drug-likeness (QED) is 0.829. The lowest BCUT2D eigenvalue weighted by Crippen LogP contribution is -2.29. The molecule has 1 unspecified atom stereocenters. The second-order valence-corrected chi connectivity index (χ2v) is 6.42. The molecule has 0 N–H and O–H groups in total. The molecule has 1 aromatic heterocycles. The Morgan fingerprint density at radius 1 is 1.25 bits per heavy atom. The third-order valence-electron chi connectivity index (χ3n) is 4.69. The molecular weight excluding hydrogens is 250 g/mol. The van der Waals surface area contributed by atoms with Crippen molar-refractivity contribution >= 4 is 0 Å². The van der Waals surface area contributed by atoms with Gasteiger partial charge in [-0.05, 0) is 32.7 Å². The average Bonchev–Trinajstić information content (AvgIpc) is 3.11. The zero-order chi connectivity index (χ0) is 13.8. The van der Waals surface area contributed by atoms with Crippen LogP contribution in [0.1, 0.15) is 56.7 Å². The molecule has 1 aliphatic carbocycles. The van der Waals surface area contributed by atoms with Gasteiger partial charge in [0, 0.05) is 31.9 Å². The van der Waals surface area contributed by atoms with Gasteiger partial charge in [0.05, 0.1) is 18.1 Å². The van der Waals surface area contributed by atoms with Gasteiger partial charge in [0.1, 0.15) is 0 Å². The Bertz CT molecular complexity index is 406. The number of ether oxygens (including phenoxy) is 1. The van der Waals surface area contributed by atoms with Crippen LogP contribution in [0.2, 0.25) is 0 Å². The van der Waals surface area contributed by atoms with Gasteiger partial charge in [-0.3, -0.25) is 4.90 Å². The van der Waals surface area contributed by atoms with Crippen LogP contribution in [-0.4, -0.2) is 40.8 Å². The van der Waals surface area contributed by atoms with Crippen molar-refractivity contribution in [3.63, 3.8) is 0 Å². The Hall–Kier alpha value is -0.870. The zero-order valence-electron chi connectivity index (χ0n) is 12.6. The van der Waals surface area contributed by atoms with Gasteiger partial charge in [-0.15, -0.1) is 0 Å². The Morgan fingerprint density at radius 2 is 2.10 bits per heavy atom. The molecule has 1 aromatic rings. The molecule has 1 atom stereocenters. The summed E-state index contributed by atoms with van der Waals surface area (Å²) in [6, 6.07) is 0.678. The van der Waals surface area contributed by atoms with Gasteiger partial charge in [-0.1, -0.05) is 19.3 Å². The van der Waals surface area contributed by atoms with Gasteiger partial charge in [-0.25, -0.2) is 4.98 Å². The molecule has 2 fully saturated rings. The molecule has 2 heterocycles. The smallest absolute Gasteiger partial charge is 0.0951 e. The zero-order valence-corrected chi connectivity index (χ0v) is 12.6. The largest absolute Gasteiger partial charge is 0.377 e. The van der Waals surface area contributed by atoms with Crippen LogP contribution in [0.15, 0.2) is 12.5 Å². The summed E-state index contributed by atoms with van der Waals surface area (Å²) in [5, 5.41) is 0. The van der Waals surface area contributed by atoms with Crippen LogP contribution >= 0.6 is 0 Å². The minimum Gasteiger partial charge on any atom is -0.377 e. The van der Waals surface area contributed by atoms with E-state index in [1.165, 1.54) is 50.6 Å². The summed E-state index contributed by atoms with van der Waals surface area (Å²) in [5.74, 6) is 0. The van der Waals surface area contributed by atoms with E-state index in [0.717, 1.165) is 19.7 Å². The molecule has 2 aliphatic rings. The fraction of sp³-hybridized carbons (Fsp3) is 0.812. The first-order chi connectivity index (χ1) is 9.83. The first kappa shape index (κ1) is 14.1. The minimum atomic E-state index is 0.436. The van der Waals surface area contributed by atoms with E-state index in [9.17, 15) is 0 Å². The van der Waals surface area contributed by atoms with E-state index >= 15 is 0 Å². The molecule has 0 spiro atoms. The van der Waals surface area contributed by atoms with Crippen molar-refractivity contribution in [3.05, 3.63) is 18.2 Å². The number of rotatable bonds is 5. The van der Waals surface area contributed by atoms with Crippen LogP contribution in [0.25, 0.3) is 0 Å². The highest BCUT2D eigenvalue weighted by Gasteiger charge is 2.20. The number of hydrogen-bond acceptors (Lipinski definition) is 3. The van der Waals surface area contributed by atoms with Crippen molar-refractivity contribution in [2.75, 3.05) is 20.2 Å². The average molecular weight is 277 g/mol. The van der Waals surface area contributed by atoms with Gasteiger partial charge >= 0.3 is 0 Å². The van der Waals surface area contributed by atoms with E-state index in [1.54, 1.807) is 0 Å². The summed E-state index contributed by atoms with van der Waals surface area (Å²) >= 11 is 0. The second kappa shape index (κ2) is 6.72. The molecule has 1 aliphatic heterocycles. The van der Waals surface area contributed by atoms with Crippen LogP contribution in [0.4, 0.5) is 0 Å². The molecule has 0 aromatic carbocycles. The third-order valence-corrected chi connectivity index (χ3v) is 4.69. The predicted octanol–water partition coefficient (Wildman–Crippen LogP) is 3.00. The summed E-state index contributed by atoms with van der Waals surface area (Å²) < 4.78 is 8.15. The van der Waals surface area contributed by atoms with Gasteiger partial charge in [0.15, 0.2) is 0 Å². The van der Waals surface area contributed by atoms with Crippen molar-refractivity contribution in [1.29, 1.82) is 0 Å². The summed E-state index contributed by atoms with van der Waals surface area (Å²) in [6.45, 7) is 2.96. The topological polar surface area (TPSA) is 30.3 Å². The van der Waals surface area contributed by atoms with Crippen molar-refractivity contribution in [3.8, 4) is 0 Å². The van der Waals surface area contributed by atoms with Crippen molar-refractivity contribution in [2.24, 2.45) is 0 Å². The number of imidazole rings is 1. The standard InChI is InChI=1S/C16H27N3O/c1-18(12-16-8-5-9-20-16)11-15-10-17-13-19(15)14-6-3-2-4-7-14/h10,13-14,16H,2-9,11-12H2,1H3. The Morgan fingerprint density at radius 3 is 2.85 bits per heavy atom. The lowest BCUT2D eigenvalue weighted by molar-refractivity contribution is 0.0784. The van der Waals surface area contributed by atoms with Crippen molar-refractivity contribution in [2.45, 2.75) is 63.6 Å². The van der Waals surface area contributed by atoms with Crippen LogP contribution in [0, 0.1) is 0 Å². The normalized spacial score (nSPS) is 24.6. The van der Waals surface area contributed by atoms with E-state index < -0.39 is 0 Å². The summed E-state index contributed by atoms with van der Waals surface area (Å²) in [6.07, 6.45) is 13.7. The van der Waals surface area contributed by atoms with E-state index in [-0.39, 0.29) is 0 Å². The molecule has 1 saturated heterocycles. The van der Waals surface area contributed by atoms with Crippen molar-refractivity contribution < 1.29 is 4.74 Å². The number of aromatic nitrogens is 2. The maximum Gasteiger partial charge on any atom is 0.0951 e.